The molecule has 1 heterocycles. The molecule has 1 fully saturated rings. The Morgan fingerprint density at radius 3 is 2.57 bits per heavy atom. The van der Waals surface area contributed by atoms with Crippen molar-refractivity contribution in [3.8, 4) is 5.75 Å². The van der Waals surface area contributed by atoms with E-state index < -0.39 is 5.91 Å². The van der Waals surface area contributed by atoms with Crippen LogP contribution in [0.5, 0.6) is 5.75 Å². The van der Waals surface area contributed by atoms with Crippen molar-refractivity contribution in [2.24, 2.45) is 5.73 Å². The first-order chi connectivity index (χ1) is 13.1. The van der Waals surface area contributed by atoms with Crippen molar-refractivity contribution >= 4 is 35.8 Å². The van der Waals surface area contributed by atoms with E-state index in [0.29, 0.717) is 29.4 Å². The van der Waals surface area contributed by atoms with E-state index >= 15 is 0 Å². The number of rotatable bonds is 6. The maximum Gasteiger partial charge on any atom is 0.248 e. The van der Waals surface area contributed by atoms with Crippen LogP contribution in [0.3, 0.4) is 0 Å². The molecule has 6 nitrogen and oxygen atoms in total. The monoisotopic (exact) mass is 423 g/mol. The van der Waals surface area contributed by atoms with Crippen LogP contribution in [0.25, 0.3) is 0 Å². The molecule has 1 atom stereocenters. The zero-order valence-electron chi connectivity index (χ0n) is 15.3. The SMILES string of the molecule is Cl.NC(=O)c1ccc(OCCC(=O)N2CCNCC2c2ccccc2Cl)cc1. The second kappa shape index (κ2) is 10.3. The molecule has 2 aromatic carbocycles. The van der Waals surface area contributed by atoms with Crippen LogP contribution in [0.4, 0.5) is 0 Å². The maximum absolute atomic E-state index is 12.7. The molecule has 1 unspecified atom stereocenters. The lowest BCUT2D eigenvalue weighted by molar-refractivity contribution is -0.135. The van der Waals surface area contributed by atoms with Crippen LogP contribution in [0.2, 0.25) is 5.02 Å². The molecule has 1 aliphatic rings. The molecule has 2 aromatic rings. The lowest BCUT2D eigenvalue weighted by Crippen LogP contribution is -2.49. The fraction of sp³-hybridized carbons (Fsp3) is 0.300. The number of piperazine rings is 1. The second-order valence-corrected chi connectivity index (χ2v) is 6.72. The highest BCUT2D eigenvalue weighted by atomic mass is 35.5. The van der Waals surface area contributed by atoms with Gasteiger partial charge in [-0.1, -0.05) is 29.8 Å². The number of carbonyl (C=O) groups excluding carboxylic acids is 2. The number of benzene rings is 2. The molecule has 2 amide bonds. The van der Waals surface area contributed by atoms with E-state index in [1.54, 1.807) is 24.3 Å². The highest BCUT2D eigenvalue weighted by Crippen LogP contribution is 2.28. The van der Waals surface area contributed by atoms with Gasteiger partial charge in [0.15, 0.2) is 0 Å². The number of halogens is 2. The average Bonchev–Trinajstić information content (AvgIpc) is 2.69. The van der Waals surface area contributed by atoms with Crippen LogP contribution < -0.4 is 15.8 Å². The second-order valence-electron chi connectivity index (χ2n) is 6.32. The smallest absolute Gasteiger partial charge is 0.248 e. The predicted molar refractivity (Wildman–Crippen MR) is 111 cm³/mol. The van der Waals surface area contributed by atoms with Gasteiger partial charge in [0.25, 0.3) is 0 Å². The summed E-state index contributed by atoms with van der Waals surface area (Å²) in [5.74, 6) is 0.131. The number of hydrogen-bond acceptors (Lipinski definition) is 4. The predicted octanol–water partition coefficient (Wildman–Crippen LogP) is 2.80. The summed E-state index contributed by atoms with van der Waals surface area (Å²) in [6.45, 7) is 2.31. The average molecular weight is 424 g/mol. The Morgan fingerprint density at radius 2 is 1.89 bits per heavy atom. The van der Waals surface area contributed by atoms with Crippen molar-refractivity contribution in [2.75, 3.05) is 26.2 Å². The van der Waals surface area contributed by atoms with Crippen LogP contribution in [0, 0.1) is 0 Å². The molecule has 150 valence electrons. The first kappa shape index (κ1) is 22.0. The Morgan fingerprint density at radius 1 is 1.18 bits per heavy atom. The highest BCUT2D eigenvalue weighted by Gasteiger charge is 2.28. The molecule has 28 heavy (non-hydrogen) atoms. The minimum Gasteiger partial charge on any atom is -0.493 e. The van der Waals surface area contributed by atoms with Gasteiger partial charge < -0.3 is 20.7 Å². The van der Waals surface area contributed by atoms with Gasteiger partial charge in [0.1, 0.15) is 5.75 Å². The summed E-state index contributed by atoms with van der Waals surface area (Å²) in [4.78, 5) is 25.7. The van der Waals surface area contributed by atoms with Crippen molar-refractivity contribution in [1.29, 1.82) is 0 Å². The van der Waals surface area contributed by atoms with Crippen LogP contribution in [0.15, 0.2) is 48.5 Å². The van der Waals surface area contributed by atoms with Crippen molar-refractivity contribution in [3.05, 3.63) is 64.7 Å². The molecular formula is C20H23Cl2N3O3. The van der Waals surface area contributed by atoms with Gasteiger partial charge in [-0.05, 0) is 35.9 Å². The summed E-state index contributed by atoms with van der Waals surface area (Å²) in [6, 6.07) is 14.1. The zero-order valence-corrected chi connectivity index (χ0v) is 16.8. The molecule has 3 N–H and O–H groups in total. The summed E-state index contributed by atoms with van der Waals surface area (Å²) in [5.41, 5.74) is 6.58. The normalized spacial score (nSPS) is 16.2. The molecule has 0 saturated carbocycles. The van der Waals surface area contributed by atoms with E-state index in [1.165, 1.54) is 0 Å². The quantitative estimate of drug-likeness (QED) is 0.747. The summed E-state index contributed by atoms with van der Waals surface area (Å²) >= 11 is 6.32. The largest absolute Gasteiger partial charge is 0.493 e. The summed E-state index contributed by atoms with van der Waals surface area (Å²) in [5, 5.41) is 3.98. The summed E-state index contributed by atoms with van der Waals surface area (Å²) in [7, 11) is 0. The molecule has 8 heteroatoms. The Labute approximate surface area is 175 Å². The number of amides is 2. The minimum atomic E-state index is -0.485. The topological polar surface area (TPSA) is 84.7 Å². The van der Waals surface area contributed by atoms with Gasteiger partial charge in [0.2, 0.25) is 11.8 Å². The molecule has 3 rings (SSSR count). The fourth-order valence-corrected chi connectivity index (χ4v) is 3.40. The van der Waals surface area contributed by atoms with Gasteiger partial charge in [-0.3, -0.25) is 9.59 Å². The standard InChI is InChI=1S/C20H22ClN3O3.ClH/c21-17-4-2-1-3-16(17)18-13-23-10-11-24(18)19(25)9-12-27-15-7-5-14(6-8-15)20(22)26;/h1-8,18,23H,9-13H2,(H2,22,26);1H. The molecule has 0 spiro atoms. The van der Waals surface area contributed by atoms with Gasteiger partial charge in [-0.15, -0.1) is 12.4 Å². The number of hydrogen-bond donors (Lipinski definition) is 2. The fourth-order valence-electron chi connectivity index (χ4n) is 3.14. The Hall–Kier alpha value is -2.28. The van der Waals surface area contributed by atoms with Crippen LogP contribution >= 0.6 is 24.0 Å². The Bertz CT molecular complexity index is 815. The van der Waals surface area contributed by atoms with Crippen LogP contribution in [-0.4, -0.2) is 43.0 Å². The third-order valence-electron chi connectivity index (χ3n) is 4.55. The van der Waals surface area contributed by atoms with E-state index in [0.717, 1.165) is 12.1 Å². The van der Waals surface area contributed by atoms with Gasteiger partial charge in [0, 0.05) is 30.2 Å². The van der Waals surface area contributed by atoms with E-state index in [-0.39, 0.29) is 37.4 Å². The summed E-state index contributed by atoms with van der Waals surface area (Å²) in [6.07, 6.45) is 0.262. The van der Waals surface area contributed by atoms with E-state index in [1.807, 2.05) is 29.2 Å². The molecule has 1 aliphatic heterocycles. The number of nitrogens with one attached hydrogen (secondary N) is 1. The first-order valence-corrected chi connectivity index (χ1v) is 9.21. The van der Waals surface area contributed by atoms with E-state index in [4.69, 9.17) is 22.1 Å². The van der Waals surface area contributed by atoms with Crippen LogP contribution in [-0.2, 0) is 4.79 Å². The van der Waals surface area contributed by atoms with Gasteiger partial charge >= 0.3 is 0 Å². The van der Waals surface area contributed by atoms with Crippen molar-refractivity contribution < 1.29 is 14.3 Å². The van der Waals surface area contributed by atoms with Gasteiger partial charge in [-0.2, -0.15) is 0 Å². The summed E-state index contributed by atoms with van der Waals surface area (Å²) < 4.78 is 5.63. The lowest BCUT2D eigenvalue weighted by atomic mass is 10.0. The molecule has 0 aromatic heterocycles. The van der Waals surface area contributed by atoms with Crippen LogP contribution in [0.1, 0.15) is 28.4 Å². The van der Waals surface area contributed by atoms with Crippen molar-refractivity contribution in [2.45, 2.75) is 12.5 Å². The molecular weight excluding hydrogens is 401 g/mol. The third-order valence-corrected chi connectivity index (χ3v) is 4.90. The Kier molecular flexibility index (Phi) is 8.11. The number of nitrogens with two attached hydrogens (primary N) is 1. The van der Waals surface area contributed by atoms with Gasteiger partial charge in [0.05, 0.1) is 19.1 Å². The van der Waals surface area contributed by atoms with E-state index in [9.17, 15) is 9.59 Å². The lowest BCUT2D eigenvalue weighted by Gasteiger charge is -2.37. The molecule has 0 bridgehead atoms. The number of carbonyl (C=O) groups is 2. The van der Waals surface area contributed by atoms with Crippen molar-refractivity contribution in [3.63, 3.8) is 0 Å². The van der Waals surface area contributed by atoms with Gasteiger partial charge in [-0.25, -0.2) is 0 Å². The zero-order chi connectivity index (χ0) is 19.2. The maximum atomic E-state index is 12.7. The third kappa shape index (κ3) is 5.38. The molecule has 0 radical (unpaired) electrons. The van der Waals surface area contributed by atoms with E-state index in [2.05, 4.69) is 5.32 Å². The molecule has 1 saturated heterocycles. The Balaban J connectivity index is 0.00000280. The number of nitrogens with zero attached hydrogens (tertiary/aromatic N) is 1. The van der Waals surface area contributed by atoms with Crippen molar-refractivity contribution in [1.82, 2.24) is 10.2 Å². The molecule has 0 aliphatic carbocycles. The number of ether oxygens (including phenoxy) is 1. The number of primary amides is 1. The highest BCUT2D eigenvalue weighted by molar-refractivity contribution is 6.31. The first-order valence-electron chi connectivity index (χ1n) is 8.83. The minimum absolute atomic E-state index is 0.